The molecule has 0 bridgehead atoms. The molecule has 0 unspecified atom stereocenters. The molecule has 0 saturated heterocycles. The Balaban J connectivity index is 1.85. The number of carbonyl (C=O) groups excluding carboxylic acids is 1. The molecule has 4 nitrogen and oxygen atoms in total. The second-order valence-electron chi connectivity index (χ2n) is 6.46. The smallest absolute Gasteiger partial charge is 0.260 e. The van der Waals surface area contributed by atoms with Crippen molar-refractivity contribution < 1.29 is 9.53 Å². The average Bonchev–Trinajstić information content (AvgIpc) is 3.05. The molecular weight excluding hydrogens is 368 g/mol. The van der Waals surface area contributed by atoms with E-state index in [2.05, 4.69) is 4.99 Å². The number of aromatic nitrogens is 1. The van der Waals surface area contributed by atoms with Gasteiger partial charge in [-0.05, 0) is 23.3 Å². The number of aryl methyl sites for hydroxylation is 1. The molecule has 3 aromatic carbocycles. The van der Waals surface area contributed by atoms with Crippen LogP contribution in [-0.4, -0.2) is 17.6 Å². The Morgan fingerprint density at radius 1 is 0.929 bits per heavy atom. The molecule has 0 N–H and O–H groups in total. The molecule has 0 spiro atoms. The van der Waals surface area contributed by atoms with E-state index in [-0.39, 0.29) is 5.91 Å². The van der Waals surface area contributed by atoms with Gasteiger partial charge in [-0.15, -0.1) is 0 Å². The van der Waals surface area contributed by atoms with Gasteiger partial charge in [0.15, 0.2) is 4.80 Å². The summed E-state index contributed by atoms with van der Waals surface area (Å²) in [4.78, 5) is 18.5. The summed E-state index contributed by atoms with van der Waals surface area (Å²) in [6.45, 7) is 0. The van der Waals surface area contributed by atoms with Gasteiger partial charge in [-0.3, -0.25) is 4.79 Å². The van der Waals surface area contributed by atoms with Crippen LogP contribution in [0, 0.1) is 0 Å². The summed E-state index contributed by atoms with van der Waals surface area (Å²) in [5.41, 5.74) is 2.81. The molecule has 0 aliphatic heterocycles. The van der Waals surface area contributed by atoms with Gasteiger partial charge in [-0.1, -0.05) is 78.1 Å². The minimum Gasteiger partial charge on any atom is -0.495 e. The highest BCUT2D eigenvalue weighted by molar-refractivity contribution is 7.16. The van der Waals surface area contributed by atoms with Crippen LogP contribution in [0.2, 0.25) is 0 Å². The van der Waals surface area contributed by atoms with Crippen molar-refractivity contribution >= 4 is 27.5 Å². The highest BCUT2D eigenvalue weighted by Gasteiger charge is 2.22. The number of hydrogen-bond acceptors (Lipinski definition) is 3. The summed E-state index contributed by atoms with van der Waals surface area (Å²) in [7, 11) is 3.56. The fraction of sp³-hybridized carbons (Fsp3) is 0.130. The number of rotatable bonds is 4. The summed E-state index contributed by atoms with van der Waals surface area (Å²) in [5, 5.41) is 0. The first-order chi connectivity index (χ1) is 13.7. The van der Waals surface area contributed by atoms with Crippen molar-refractivity contribution in [2.45, 2.75) is 5.92 Å². The second-order valence-corrected chi connectivity index (χ2v) is 7.46. The maximum Gasteiger partial charge on any atom is 0.260 e. The van der Waals surface area contributed by atoms with Gasteiger partial charge in [0.2, 0.25) is 0 Å². The molecule has 0 saturated carbocycles. The van der Waals surface area contributed by atoms with Crippen LogP contribution < -0.4 is 9.54 Å². The third-order valence-electron chi connectivity index (χ3n) is 4.72. The van der Waals surface area contributed by atoms with Crippen molar-refractivity contribution in [3.05, 3.63) is 94.8 Å². The predicted octanol–water partition coefficient (Wildman–Crippen LogP) is 4.51. The Hall–Kier alpha value is -3.18. The highest BCUT2D eigenvalue weighted by atomic mass is 32.1. The van der Waals surface area contributed by atoms with Crippen LogP contribution in [0.3, 0.4) is 0 Å². The molecule has 0 fully saturated rings. The van der Waals surface area contributed by atoms with Gasteiger partial charge in [-0.2, -0.15) is 4.99 Å². The van der Waals surface area contributed by atoms with Gasteiger partial charge in [0, 0.05) is 7.05 Å². The molecule has 4 rings (SSSR count). The number of nitrogens with zero attached hydrogens (tertiary/aromatic N) is 2. The first-order valence-electron chi connectivity index (χ1n) is 9.00. The number of carbonyl (C=O) groups is 1. The summed E-state index contributed by atoms with van der Waals surface area (Å²) >= 11 is 1.49. The van der Waals surface area contributed by atoms with E-state index in [1.54, 1.807) is 7.11 Å². The van der Waals surface area contributed by atoms with E-state index in [0.717, 1.165) is 27.1 Å². The second kappa shape index (κ2) is 7.82. The van der Waals surface area contributed by atoms with Crippen molar-refractivity contribution in [1.29, 1.82) is 0 Å². The maximum absolute atomic E-state index is 13.3. The number of methoxy groups -OCH3 is 1. The van der Waals surface area contributed by atoms with Gasteiger partial charge < -0.3 is 9.30 Å². The first kappa shape index (κ1) is 18.2. The molecule has 0 radical (unpaired) electrons. The fourth-order valence-corrected chi connectivity index (χ4v) is 4.41. The quantitative estimate of drug-likeness (QED) is 0.516. The topological polar surface area (TPSA) is 43.6 Å². The lowest BCUT2D eigenvalue weighted by atomic mass is 9.91. The maximum atomic E-state index is 13.3. The molecule has 28 heavy (non-hydrogen) atoms. The number of ether oxygens (including phenoxy) is 1. The van der Waals surface area contributed by atoms with Gasteiger partial charge >= 0.3 is 0 Å². The van der Waals surface area contributed by atoms with Crippen LogP contribution >= 0.6 is 11.3 Å². The number of benzene rings is 3. The molecule has 0 atom stereocenters. The molecule has 0 aliphatic carbocycles. The van der Waals surface area contributed by atoms with E-state index in [0.29, 0.717) is 4.80 Å². The minimum absolute atomic E-state index is 0.182. The Bertz CT molecular complexity index is 1140. The molecule has 5 heteroatoms. The minimum atomic E-state index is -0.436. The van der Waals surface area contributed by atoms with Gasteiger partial charge in [0.1, 0.15) is 11.3 Å². The van der Waals surface area contributed by atoms with E-state index >= 15 is 0 Å². The molecule has 1 heterocycles. The van der Waals surface area contributed by atoms with E-state index < -0.39 is 5.92 Å². The number of para-hydroxylation sites is 1. The van der Waals surface area contributed by atoms with Crippen molar-refractivity contribution in [3.63, 3.8) is 0 Å². The summed E-state index contributed by atoms with van der Waals surface area (Å²) < 4.78 is 8.42. The van der Waals surface area contributed by atoms with Crippen LogP contribution in [0.1, 0.15) is 17.0 Å². The molecule has 0 aliphatic rings. The molecule has 140 valence electrons. The third-order valence-corrected chi connectivity index (χ3v) is 5.82. The molecular formula is C23H20N2O2S. The van der Waals surface area contributed by atoms with Crippen molar-refractivity contribution in [3.8, 4) is 5.75 Å². The van der Waals surface area contributed by atoms with Crippen LogP contribution in [0.4, 0.5) is 0 Å². The monoisotopic (exact) mass is 388 g/mol. The predicted molar refractivity (Wildman–Crippen MR) is 113 cm³/mol. The standard InChI is InChI=1S/C23H20N2O2S/c1-25-21-18(27-2)14-9-15-19(21)28-23(25)24-22(26)20(16-10-5-3-6-11-16)17-12-7-4-8-13-17/h3-15,20H,1-2H3. The first-order valence-corrected chi connectivity index (χ1v) is 9.81. The summed E-state index contributed by atoms with van der Waals surface area (Å²) in [6, 6.07) is 25.4. The largest absolute Gasteiger partial charge is 0.495 e. The molecule has 4 aromatic rings. The SMILES string of the molecule is COc1cccc2sc(=NC(=O)C(c3ccccc3)c3ccccc3)n(C)c12. The lowest BCUT2D eigenvalue weighted by molar-refractivity contribution is -0.118. The van der Waals surface area contributed by atoms with Crippen LogP contribution in [-0.2, 0) is 11.8 Å². The lowest BCUT2D eigenvalue weighted by Crippen LogP contribution is -2.18. The normalized spacial score (nSPS) is 11.9. The zero-order chi connectivity index (χ0) is 19.5. The average molecular weight is 388 g/mol. The van der Waals surface area contributed by atoms with Gasteiger partial charge in [-0.25, -0.2) is 0 Å². The fourth-order valence-electron chi connectivity index (χ4n) is 3.37. The Morgan fingerprint density at radius 2 is 1.54 bits per heavy atom. The van der Waals surface area contributed by atoms with E-state index in [4.69, 9.17) is 4.74 Å². The summed E-state index contributed by atoms with van der Waals surface area (Å²) in [5.74, 6) is 0.154. The van der Waals surface area contributed by atoms with Crippen molar-refractivity contribution in [2.24, 2.45) is 12.0 Å². The molecule has 1 amide bonds. The Kier molecular flexibility index (Phi) is 5.08. The lowest BCUT2D eigenvalue weighted by Gasteiger charge is -2.14. The summed E-state index contributed by atoms with van der Waals surface area (Å²) in [6.07, 6.45) is 0. The highest BCUT2D eigenvalue weighted by Crippen LogP contribution is 2.28. The van der Waals surface area contributed by atoms with Crippen LogP contribution in [0.15, 0.2) is 83.9 Å². The van der Waals surface area contributed by atoms with Crippen LogP contribution in [0.25, 0.3) is 10.2 Å². The number of fused-ring (bicyclic) bond motifs is 1. The zero-order valence-electron chi connectivity index (χ0n) is 15.7. The third kappa shape index (κ3) is 3.37. The Morgan fingerprint density at radius 3 is 2.11 bits per heavy atom. The van der Waals surface area contributed by atoms with Crippen molar-refractivity contribution in [2.75, 3.05) is 7.11 Å². The van der Waals surface area contributed by atoms with E-state index in [1.807, 2.05) is 90.5 Å². The Labute approximate surface area is 167 Å². The van der Waals surface area contributed by atoms with E-state index in [9.17, 15) is 4.79 Å². The van der Waals surface area contributed by atoms with Gasteiger partial charge in [0.05, 0.1) is 17.7 Å². The zero-order valence-corrected chi connectivity index (χ0v) is 16.5. The number of hydrogen-bond donors (Lipinski definition) is 0. The number of amides is 1. The molecule has 1 aromatic heterocycles. The van der Waals surface area contributed by atoms with Crippen molar-refractivity contribution in [1.82, 2.24) is 4.57 Å². The van der Waals surface area contributed by atoms with Gasteiger partial charge in [0.25, 0.3) is 5.91 Å². The van der Waals surface area contributed by atoms with Crippen LogP contribution in [0.5, 0.6) is 5.75 Å². The number of thiazole rings is 1. The van der Waals surface area contributed by atoms with E-state index in [1.165, 1.54) is 11.3 Å².